The van der Waals surface area contributed by atoms with Gasteiger partial charge in [-0.3, -0.25) is 4.79 Å². The maximum absolute atomic E-state index is 15.5. The zero-order valence-electron chi connectivity index (χ0n) is 18.1. The van der Waals surface area contributed by atoms with Crippen molar-refractivity contribution in [3.05, 3.63) is 59.9 Å². The zero-order chi connectivity index (χ0) is 23.6. The van der Waals surface area contributed by atoms with Crippen LogP contribution in [0.5, 0.6) is 0 Å². The lowest BCUT2D eigenvalue weighted by atomic mass is 9.44. The molecule has 6 rings (SSSR count). The Morgan fingerprint density at radius 2 is 1.76 bits per heavy atom. The summed E-state index contributed by atoms with van der Waals surface area (Å²) in [5, 5.41) is 0. The third-order valence-corrected chi connectivity index (χ3v) is 7.99. The van der Waals surface area contributed by atoms with E-state index >= 15 is 13.2 Å². The predicted molar refractivity (Wildman–Crippen MR) is 118 cm³/mol. The molecule has 33 heavy (non-hydrogen) atoms. The Balaban J connectivity index is 1.51. The van der Waals surface area contributed by atoms with Gasteiger partial charge in [-0.1, -0.05) is 48.5 Å². The molecule has 2 aromatic rings. The van der Waals surface area contributed by atoms with Gasteiger partial charge in [0.05, 0.1) is 24.3 Å². The van der Waals surface area contributed by atoms with E-state index in [1.807, 2.05) is 10.8 Å². The second-order valence-electron chi connectivity index (χ2n) is 9.74. The van der Waals surface area contributed by atoms with Crippen LogP contribution in [0, 0.1) is 17.2 Å². The first-order chi connectivity index (χ1) is 15.5. The standard InChI is InChI=1S/C24H25F3N2O3S/c1-33(31,32)28-21-19(29(14-24(21,26)27)22(30)23-11-15(12-23)13-23)10-17-8-5-9-18(20(17)25)16-6-3-2-4-7-16/h2-9,15,19,21,28H,10-14H2,1H3/t15?,19-,21+,23?/m0/s1. The molecule has 176 valence electrons. The molecule has 1 saturated heterocycles. The smallest absolute Gasteiger partial charge is 0.283 e. The minimum atomic E-state index is -3.99. The maximum Gasteiger partial charge on any atom is 0.283 e. The van der Waals surface area contributed by atoms with Crippen LogP contribution in [0.3, 0.4) is 0 Å². The number of hydrogen-bond acceptors (Lipinski definition) is 3. The number of benzene rings is 2. The first-order valence-electron chi connectivity index (χ1n) is 11.0. The monoisotopic (exact) mass is 478 g/mol. The van der Waals surface area contributed by atoms with Crippen molar-refractivity contribution in [1.29, 1.82) is 0 Å². The highest BCUT2D eigenvalue weighted by molar-refractivity contribution is 7.88. The normalized spacial score (nSPS) is 29.9. The molecule has 3 saturated carbocycles. The van der Waals surface area contributed by atoms with Gasteiger partial charge in [0.15, 0.2) is 0 Å². The van der Waals surface area contributed by atoms with Gasteiger partial charge in [-0.2, -0.15) is 0 Å². The maximum atomic E-state index is 15.5. The number of hydrogen-bond donors (Lipinski definition) is 1. The van der Waals surface area contributed by atoms with Crippen LogP contribution in [0.2, 0.25) is 0 Å². The zero-order valence-corrected chi connectivity index (χ0v) is 18.9. The van der Waals surface area contributed by atoms with Crippen LogP contribution in [-0.2, 0) is 21.2 Å². The summed E-state index contributed by atoms with van der Waals surface area (Å²) in [5.41, 5.74) is 0.516. The van der Waals surface area contributed by atoms with Gasteiger partial charge < -0.3 is 4.90 Å². The summed E-state index contributed by atoms with van der Waals surface area (Å²) < 4.78 is 71.4. The molecule has 5 nitrogen and oxygen atoms in total. The van der Waals surface area contributed by atoms with Crippen LogP contribution in [-0.4, -0.2) is 50.0 Å². The van der Waals surface area contributed by atoms with Gasteiger partial charge in [-0.25, -0.2) is 26.3 Å². The van der Waals surface area contributed by atoms with Gasteiger partial charge in [0.25, 0.3) is 5.92 Å². The number of nitrogens with zero attached hydrogens (tertiary/aromatic N) is 1. The Kier molecular flexibility index (Phi) is 5.13. The minimum Gasteiger partial charge on any atom is -0.331 e. The molecule has 0 radical (unpaired) electrons. The summed E-state index contributed by atoms with van der Waals surface area (Å²) in [6, 6.07) is 10.6. The van der Waals surface area contributed by atoms with E-state index in [-0.39, 0.29) is 17.9 Å². The number of carbonyl (C=O) groups excluding carboxylic acids is 1. The van der Waals surface area contributed by atoms with Gasteiger partial charge in [-0.15, -0.1) is 0 Å². The fourth-order valence-corrected chi connectivity index (χ4v) is 6.39. The van der Waals surface area contributed by atoms with Gasteiger partial charge in [0.1, 0.15) is 11.9 Å². The Bertz CT molecular complexity index is 1190. The third-order valence-electron chi connectivity index (χ3n) is 7.31. The average Bonchev–Trinajstić information content (AvgIpc) is 2.91. The molecule has 2 atom stereocenters. The van der Waals surface area contributed by atoms with Crippen LogP contribution in [0.1, 0.15) is 24.8 Å². The lowest BCUT2D eigenvalue weighted by molar-refractivity contribution is -0.178. The minimum absolute atomic E-state index is 0.162. The van der Waals surface area contributed by atoms with Crippen molar-refractivity contribution in [3.8, 4) is 11.1 Å². The van der Waals surface area contributed by atoms with E-state index in [1.54, 1.807) is 36.4 Å². The second kappa shape index (κ2) is 7.56. The van der Waals surface area contributed by atoms with E-state index in [0.29, 0.717) is 36.3 Å². The molecule has 0 unspecified atom stereocenters. The largest absolute Gasteiger partial charge is 0.331 e. The van der Waals surface area contributed by atoms with E-state index in [4.69, 9.17) is 0 Å². The number of halogens is 3. The highest BCUT2D eigenvalue weighted by Crippen LogP contribution is 2.65. The lowest BCUT2D eigenvalue weighted by Gasteiger charge is -2.61. The molecular formula is C24H25F3N2O3S. The molecule has 3 aliphatic carbocycles. The van der Waals surface area contributed by atoms with E-state index in [9.17, 15) is 13.2 Å². The van der Waals surface area contributed by atoms with Crippen molar-refractivity contribution < 1.29 is 26.4 Å². The summed E-state index contributed by atoms with van der Waals surface area (Å²) in [5.74, 6) is -3.93. The van der Waals surface area contributed by atoms with Crippen molar-refractivity contribution in [3.63, 3.8) is 0 Å². The van der Waals surface area contributed by atoms with Crippen molar-refractivity contribution in [2.45, 2.75) is 43.7 Å². The summed E-state index contributed by atoms with van der Waals surface area (Å²) in [6.45, 7) is -0.879. The molecule has 4 fully saturated rings. The highest BCUT2D eigenvalue weighted by atomic mass is 32.2. The first kappa shape index (κ1) is 22.4. The number of sulfonamides is 1. The third kappa shape index (κ3) is 3.85. The van der Waals surface area contributed by atoms with E-state index in [1.165, 1.54) is 6.07 Å². The van der Waals surface area contributed by atoms with E-state index < -0.39 is 45.8 Å². The Morgan fingerprint density at radius 3 is 2.33 bits per heavy atom. The van der Waals surface area contributed by atoms with Crippen LogP contribution in [0.4, 0.5) is 13.2 Å². The Morgan fingerprint density at radius 1 is 1.09 bits per heavy atom. The number of rotatable bonds is 6. The van der Waals surface area contributed by atoms with Crippen LogP contribution < -0.4 is 4.72 Å². The molecular weight excluding hydrogens is 453 g/mol. The van der Waals surface area contributed by atoms with Gasteiger partial charge in [0, 0.05) is 5.56 Å². The molecule has 1 N–H and O–H groups in total. The van der Waals surface area contributed by atoms with E-state index in [2.05, 4.69) is 0 Å². The molecule has 1 heterocycles. The fraction of sp³-hybridized carbons (Fsp3) is 0.458. The topological polar surface area (TPSA) is 66.5 Å². The van der Waals surface area contributed by atoms with Gasteiger partial charge in [-0.05, 0) is 42.7 Å². The molecule has 9 heteroatoms. The van der Waals surface area contributed by atoms with Crippen LogP contribution in [0.25, 0.3) is 11.1 Å². The van der Waals surface area contributed by atoms with Crippen molar-refractivity contribution in [1.82, 2.24) is 9.62 Å². The predicted octanol–water partition coefficient (Wildman–Crippen LogP) is 3.60. The number of nitrogens with one attached hydrogen (secondary N) is 1. The molecule has 2 aromatic carbocycles. The molecule has 2 bridgehead atoms. The summed E-state index contributed by atoms with van der Waals surface area (Å²) >= 11 is 0. The number of amides is 1. The molecule has 0 spiro atoms. The quantitative estimate of drug-likeness (QED) is 0.690. The molecule has 4 aliphatic rings. The van der Waals surface area contributed by atoms with E-state index in [0.717, 1.165) is 11.2 Å². The van der Waals surface area contributed by atoms with Crippen molar-refractivity contribution in [2.24, 2.45) is 11.3 Å². The average molecular weight is 479 g/mol. The van der Waals surface area contributed by atoms with Gasteiger partial charge in [0.2, 0.25) is 15.9 Å². The second-order valence-corrected chi connectivity index (χ2v) is 11.5. The number of likely N-dealkylation sites (tertiary alicyclic amines) is 1. The summed E-state index contributed by atoms with van der Waals surface area (Å²) in [7, 11) is -3.99. The molecule has 1 aliphatic heterocycles. The molecule has 0 aromatic heterocycles. The molecule has 1 amide bonds. The first-order valence-corrected chi connectivity index (χ1v) is 12.9. The number of alkyl halides is 2. The van der Waals surface area contributed by atoms with Crippen molar-refractivity contribution in [2.75, 3.05) is 12.8 Å². The summed E-state index contributed by atoms with van der Waals surface area (Å²) in [6.07, 6.45) is 2.64. The fourth-order valence-electron chi connectivity index (χ4n) is 5.60. The summed E-state index contributed by atoms with van der Waals surface area (Å²) in [4.78, 5) is 14.4. The van der Waals surface area contributed by atoms with Gasteiger partial charge >= 0.3 is 0 Å². The SMILES string of the molecule is CS(=O)(=O)N[C@@H]1[C@H](Cc2cccc(-c3ccccc3)c2F)N(C(=O)C23CC(C2)C3)CC1(F)F. The van der Waals surface area contributed by atoms with Crippen LogP contribution in [0.15, 0.2) is 48.5 Å². The highest BCUT2D eigenvalue weighted by Gasteiger charge is 2.66. The number of carbonyl (C=O) groups is 1. The Hall–Kier alpha value is -2.39. The van der Waals surface area contributed by atoms with Crippen LogP contribution >= 0.6 is 0 Å². The van der Waals surface area contributed by atoms with Crippen molar-refractivity contribution >= 4 is 15.9 Å². The Labute approximate surface area is 191 Å². The lowest BCUT2D eigenvalue weighted by Crippen LogP contribution is -2.62.